The third kappa shape index (κ3) is 18.1. The van der Waals surface area contributed by atoms with Gasteiger partial charge in [0.1, 0.15) is 6.04 Å². The third-order valence-corrected chi connectivity index (χ3v) is 4.82. The van der Waals surface area contributed by atoms with Gasteiger partial charge in [-0.15, -0.1) is 0 Å². The molecule has 0 rings (SSSR count). The highest BCUT2D eigenvalue weighted by atomic mass is 32.1. The second kappa shape index (κ2) is 20.6. The molecule has 26 heavy (non-hydrogen) atoms. The van der Waals surface area contributed by atoms with E-state index in [2.05, 4.69) is 24.9 Å². The van der Waals surface area contributed by atoms with Crippen molar-refractivity contribution < 1.29 is 14.7 Å². The molecule has 156 valence electrons. The predicted octanol–water partition coefficient (Wildman–Crippen LogP) is 5.52. The maximum Gasteiger partial charge on any atom is 0.326 e. The topological polar surface area (TPSA) is 101 Å². The average molecular weight is 391 g/mol. The van der Waals surface area contributed by atoms with Crippen LogP contribution in [0.2, 0.25) is 0 Å². The molecule has 0 aromatic heterocycles. The van der Waals surface area contributed by atoms with Crippen LogP contribution >= 0.6 is 12.6 Å². The number of nitrogens with one attached hydrogen (secondary N) is 1. The summed E-state index contributed by atoms with van der Waals surface area (Å²) in [7, 11) is 0. The fraction of sp³-hybridized carbons (Fsp3) is 0.900. The van der Waals surface area contributed by atoms with Gasteiger partial charge >= 0.3 is 5.97 Å². The highest BCUT2D eigenvalue weighted by molar-refractivity contribution is 7.80. The van der Waals surface area contributed by atoms with Crippen LogP contribution in [0.25, 0.3) is 0 Å². The molecule has 0 radical (unpaired) electrons. The van der Waals surface area contributed by atoms with Crippen molar-refractivity contribution >= 4 is 24.5 Å². The van der Waals surface area contributed by atoms with Gasteiger partial charge in [-0.1, -0.05) is 84.0 Å². The van der Waals surface area contributed by atoms with Crippen molar-refractivity contribution in [2.24, 2.45) is 0 Å². The molecule has 1 atom stereocenters. The van der Waals surface area contributed by atoms with Gasteiger partial charge in [0, 0.05) is 6.42 Å². The van der Waals surface area contributed by atoms with Gasteiger partial charge in [-0.25, -0.2) is 4.79 Å². The van der Waals surface area contributed by atoms with Crippen LogP contribution in [-0.2, 0) is 9.59 Å². The van der Waals surface area contributed by atoms with Crippen LogP contribution in [-0.4, -0.2) is 28.8 Å². The largest absolute Gasteiger partial charge is 0.480 e. The lowest BCUT2D eigenvalue weighted by Crippen LogP contribution is -2.40. The Kier molecular flexibility index (Phi) is 21.7. The van der Waals surface area contributed by atoms with Crippen molar-refractivity contribution in [3.05, 3.63) is 0 Å². The number of unbranched alkanes of at least 4 members (excludes halogenated alkanes) is 12. The van der Waals surface area contributed by atoms with Crippen LogP contribution in [0.4, 0.5) is 0 Å². The van der Waals surface area contributed by atoms with Crippen LogP contribution in [0.3, 0.4) is 0 Å². The smallest absolute Gasteiger partial charge is 0.326 e. The highest BCUT2D eigenvalue weighted by Crippen LogP contribution is 2.13. The van der Waals surface area contributed by atoms with Gasteiger partial charge in [0.05, 0.1) is 0 Å². The molecule has 0 spiro atoms. The Morgan fingerprint density at radius 1 is 0.846 bits per heavy atom. The number of thiol groups is 1. The number of hydrogen-bond acceptors (Lipinski definition) is 4. The standard InChI is InChI=1S/C20H39NO3S.H3N/c1-2-3-4-5-6-7-8-9-10-11-12-13-14-15-19(22)21-18(16-17-25)20(23)24;/h18,25H,2-17H2,1H3,(H,21,22)(H,23,24);1H3. The van der Waals surface area contributed by atoms with Gasteiger partial charge in [-0.3, -0.25) is 4.79 Å². The summed E-state index contributed by atoms with van der Waals surface area (Å²) in [5.41, 5.74) is 0. The van der Waals surface area contributed by atoms with Crippen molar-refractivity contribution in [2.45, 2.75) is 109 Å². The quantitative estimate of drug-likeness (QED) is 0.183. The summed E-state index contributed by atoms with van der Waals surface area (Å²) in [6.45, 7) is 2.25. The van der Waals surface area contributed by atoms with E-state index in [1.54, 1.807) is 0 Å². The van der Waals surface area contributed by atoms with E-state index in [-0.39, 0.29) is 12.1 Å². The second-order valence-electron chi connectivity index (χ2n) is 6.96. The third-order valence-electron chi connectivity index (χ3n) is 4.56. The van der Waals surface area contributed by atoms with Gasteiger partial charge in [-0.2, -0.15) is 12.6 Å². The second-order valence-corrected chi connectivity index (χ2v) is 7.41. The van der Waals surface area contributed by atoms with Crippen molar-refractivity contribution in [3.63, 3.8) is 0 Å². The fourth-order valence-electron chi connectivity index (χ4n) is 2.96. The van der Waals surface area contributed by atoms with E-state index in [9.17, 15) is 9.59 Å². The summed E-state index contributed by atoms with van der Waals surface area (Å²) in [5, 5.41) is 11.6. The Labute approximate surface area is 166 Å². The monoisotopic (exact) mass is 390 g/mol. The van der Waals surface area contributed by atoms with Crippen LogP contribution in [0.1, 0.15) is 103 Å². The molecule has 1 unspecified atom stereocenters. The van der Waals surface area contributed by atoms with Gasteiger partial charge in [0.25, 0.3) is 0 Å². The first-order chi connectivity index (χ1) is 12.1. The van der Waals surface area contributed by atoms with Crippen molar-refractivity contribution in [1.82, 2.24) is 11.5 Å². The van der Waals surface area contributed by atoms with Crippen molar-refractivity contribution in [2.75, 3.05) is 5.75 Å². The summed E-state index contributed by atoms with van der Waals surface area (Å²) in [5.74, 6) is -0.680. The molecule has 0 fully saturated rings. The van der Waals surface area contributed by atoms with E-state index in [0.717, 1.165) is 12.8 Å². The lowest BCUT2D eigenvalue weighted by Gasteiger charge is -2.13. The van der Waals surface area contributed by atoms with Crippen LogP contribution in [0, 0.1) is 0 Å². The van der Waals surface area contributed by atoms with E-state index < -0.39 is 12.0 Å². The number of aliphatic carboxylic acids is 1. The average Bonchev–Trinajstić information content (AvgIpc) is 2.58. The van der Waals surface area contributed by atoms with Crippen LogP contribution in [0.5, 0.6) is 0 Å². The number of amides is 1. The Morgan fingerprint density at radius 2 is 1.27 bits per heavy atom. The molecule has 0 heterocycles. The Hall–Kier alpha value is -0.750. The van der Waals surface area contributed by atoms with E-state index in [4.69, 9.17) is 5.11 Å². The molecule has 5 nitrogen and oxygen atoms in total. The fourth-order valence-corrected chi connectivity index (χ4v) is 3.21. The zero-order valence-corrected chi connectivity index (χ0v) is 17.7. The molecule has 0 bridgehead atoms. The zero-order chi connectivity index (χ0) is 18.8. The minimum absolute atomic E-state index is 0. The molecule has 0 aliphatic carbocycles. The number of carbonyl (C=O) groups is 2. The molecule has 0 aliphatic rings. The van der Waals surface area contributed by atoms with Gasteiger partial charge < -0.3 is 16.6 Å². The van der Waals surface area contributed by atoms with E-state index >= 15 is 0 Å². The number of carbonyl (C=O) groups excluding carboxylic acids is 1. The minimum atomic E-state index is -0.979. The first-order valence-electron chi connectivity index (χ1n) is 10.2. The van der Waals surface area contributed by atoms with Crippen molar-refractivity contribution in [3.8, 4) is 0 Å². The molecule has 6 heteroatoms. The van der Waals surface area contributed by atoms with Gasteiger partial charge in [0.2, 0.25) is 5.91 Å². The molecule has 0 aromatic rings. The maximum absolute atomic E-state index is 11.7. The Balaban J connectivity index is 0. The first-order valence-corrected chi connectivity index (χ1v) is 10.9. The Bertz CT molecular complexity index is 341. The van der Waals surface area contributed by atoms with Crippen molar-refractivity contribution in [1.29, 1.82) is 0 Å². The van der Waals surface area contributed by atoms with E-state index in [1.807, 2.05) is 0 Å². The molecule has 0 saturated carbocycles. The van der Waals surface area contributed by atoms with E-state index in [1.165, 1.54) is 70.6 Å². The number of carboxylic acids is 1. The molecule has 5 N–H and O–H groups in total. The lowest BCUT2D eigenvalue weighted by molar-refractivity contribution is -0.141. The maximum atomic E-state index is 11.7. The van der Waals surface area contributed by atoms with Crippen LogP contribution < -0.4 is 11.5 Å². The zero-order valence-electron chi connectivity index (χ0n) is 16.8. The molecule has 1 amide bonds. The SMILES string of the molecule is CCCCCCCCCCCCCCCC(=O)NC(CCS)C(=O)O.N. The van der Waals surface area contributed by atoms with Crippen LogP contribution in [0.15, 0.2) is 0 Å². The molecule has 0 aliphatic heterocycles. The highest BCUT2D eigenvalue weighted by Gasteiger charge is 2.18. The molecular formula is C20H42N2O3S. The summed E-state index contributed by atoms with van der Waals surface area (Å²) in [6, 6.07) is -0.799. The molecule has 0 saturated heterocycles. The van der Waals surface area contributed by atoms with Gasteiger partial charge in [-0.05, 0) is 18.6 Å². The number of carboxylic acid groups (broad SMARTS) is 1. The summed E-state index contributed by atoms with van der Waals surface area (Å²) >= 11 is 4.02. The number of hydrogen-bond donors (Lipinski definition) is 4. The first kappa shape index (κ1) is 27.5. The minimum Gasteiger partial charge on any atom is -0.480 e. The number of rotatable bonds is 18. The predicted molar refractivity (Wildman–Crippen MR) is 113 cm³/mol. The molecular weight excluding hydrogens is 348 g/mol. The normalized spacial score (nSPS) is 11.6. The summed E-state index contributed by atoms with van der Waals surface area (Å²) < 4.78 is 0. The summed E-state index contributed by atoms with van der Waals surface area (Å²) in [6.07, 6.45) is 17.3. The molecule has 0 aromatic carbocycles. The Morgan fingerprint density at radius 3 is 1.65 bits per heavy atom. The lowest BCUT2D eigenvalue weighted by atomic mass is 10.0. The summed E-state index contributed by atoms with van der Waals surface area (Å²) in [4.78, 5) is 22.7. The van der Waals surface area contributed by atoms with Gasteiger partial charge in [0.15, 0.2) is 0 Å². The van der Waals surface area contributed by atoms with E-state index in [0.29, 0.717) is 18.6 Å².